The lowest BCUT2D eigenvalue weighted by Crippen LogP contribution is -2.39. The molecule has 0 amide bonds. The molecule has 1 fully saturated rings. The van der Waals surface area contributed by atoms with Gasteiger partial charge in [0, 0.05) is 18.3 Å². The van der Waals surface area contributed by atoms with E-state index in [9.17, 15) is 4.79 Å². The minimum absolute atomic E-state index is 0.347. The Morgan fingerprint density at radius 2 is 1.86 bits per heavy atom. The lowest BCUT2D eigenvalue weighted by atomic mass is 9.60. The lowest BCUT2D eigenvalue weighted by molar-refractivity contribution is -0.131. The van der Waals surface area contributed by atoms with E-state index in [4.69, 9.17) is 0 Å². The molecule has 72 valence electrons. The van der Waals surface area contributed by atoms with Gasteiger partial charge in [-0.25, -0.2) is 0 Å². The average molecular weight is 186 g/mol. The molecule has 2 aliphatic carbocycles. The van der Waals surface area contributed by atoms with Crippen molar-refractivity contribution in [2.75, 3.05) is 0 Å². The molecule has 3 rings (SSSR count). The van der Waals surface area contributed by atoms with Crippen molar-refractivity contribution in [1.82, 2.24) is 0 Å². The van der Waals surface area contributed by atoms with E-state index in [2.05, 4.69) is 31.2 Å². The first-order valence-corrected chi connectivity index (χ1v) is 5.39. The van der Waals surface area contributed by atoms with E-state index in [1.54, 1.807) is 0 Å². The Balaban J connectivity index is 2.09. The van der Waals surface area contributed by atoms with E-state index < -0.39 is 0 Å². The van der Waals surface area contributed by atoms with Gasteiger partial charge in [0.1, 0.15) is 5.78 Å². The van der Waals surface area contributed by atoms with Gasteiger partial charge in [0.15, 0.2) is 0 Å². The van der Waals surface area contributed by atoms with Gasteiger partial charge in [0.2, 0.25) is 0 Å². The smallest absolute Gasteiger partial charge is 0.137 e. The molecule has 0 spiro atoms. The van der Waals surface area contributed by atoms with Gasteiger partial charge in [-0.3, -0.25) is 4.79 Å². The molecule has 2 aliphatic rings. The molecule has 1 aromatic carbocycles. The first-order valence-electron chi connectivity index (χ1n) is 5.39. The topological polar surface area (TPSA) is 17.1 Å². The maximum absolute atomic E-state index is 11.4. The summed E-state index contributed by atoms with van der Waals surface area (Å²) < 4.78 is 0. The first-order chi connectivity index (χ1) is 6.77. The van der Waals surface area contributed by atoms with Crippen LogP contribution in [0.5, 0.6) is 0 Å². The molecule has 0 aliphatic heterocycles. The third kappa shape index (κ3) is 0.927. The maximum Gasteiger partial charge on any atom is 0.137 e. The number of rotatable bonds is 0. The minimum Gasteiger partial charge on any atom is -0.299 e. The van der Waals surface area contributed by atoms with Crippen LogP contribution >= 0.6 is 0 Å². The normalized spacial score (nSPS) is 34.4. The van der Waals surface area contributed by atoms with Gasteiger partial charge in [-0.15, -0.1) is 0 Å². The Labute approximate surface area is 84.1 Å². The largest absolute Gasteiger partial charge is 0.299 e. The highest BCUT2D eigenvalue weighted by Gasteiger charge is 2.45. The molecule has 0 aromatic heterocycles. The van der Waals surface area contributed by atoms with Crippen LogP contribution in [0, 0.1) is 5.92 Å². The van der Waals surface area contributed by atoms with Crippen LogP contribution in [0.3, 0.4) is 0 Å². The second-order valence-corrected chi connectivity index (χ2v) is 4.65. The van der Waals surface area contributed by atoms with E-state index >= 15 is 0 Å². The fourth-order valence-electron chi connectivity index (χ4n) is 3.00. The summed E-state index contributed by atoms with van der Waals surface area (Å²) in [4.78, 5) is 11.4. The zero-order valence-electron chi connectivity index (χ0n) is 8.36. The highest BCUT2D eigenvalue weighted by atomic mass is 16.1. The Morgan fingerprint density at radius 1 is 1.14 bits per heavy atom. The molecule has 0 radical (unpaired) electrons. The van der Waals surface area contributed by atoms with Crippen molar-refractivity contribution in [2.45, 2.75) is 31.6 Å². The highest BCUT2D eigenvalue weighted by Crippen LogP contribution is 2.50. The first kappa shape index (κ1) is 8.22. The second kappa shape index (κ2) is 2.69. The van der Waals surface area contributed by atoms with Crippen molar-refractivity contribution in [3.63, 3.8) is 0 Å². The quantitative estimate of drug-likeness (QED) is 0.609. The number of hydrogen-bond donors (Lipinski definition) is 0. The summed E-state index contributed by atoms with van der Waals surface area (Å²) in [6.07, 6.45) is 1.86. The maximum atomic E-state index is 11.4. The predicted molar refractivity (Wildman–Crippen MR) is 55.3 cm³/mol. The number of Topliss-reactive ketones (excluding diaryl/α,β-unsaturated/α-hetero) is 1. The molecule has 3 atom stereocenters. The average Bonchev–Trinajstić information content (AvgIpc) is 2.21. The molecule has 0 saturated heterocycles. The molecule has 0 bridgehead atoms. The van der Waals surface area contributed by atoms with Gasteiger partial charge in [-0.1, -0.05) is 31.2 Å². The molecular weight excluding hydrogens is 172 g/mol. The number of hydrogen-bond acceptors (Lipinski definition) is 1. The van der Waals surface area contributed by atoms with Crippen LogP contribution in [0.25, 0.3) is 0 Å². The summed E-state index contributed by atoms with van der Waals surface area (Å²) >= 11 is 0. The summed E-state index contributed by atoms with van der Waals surface area (Å²) in [5.41, 5.74) is 2.91. The lowest BCUT2D eigenvalue weighted by Gasteiger charge is -2.42. The standard InChI is InChI=1S/C13H14O/c1-8-6-12-11(7-13(12)14)10-5-3-2-4-9(8)10/h2-5,8,11-12H,6-7H2,1H3. The second-order valence-electron chi connectivity index (χ2n) is 4.65. The third-order valence-electron chi connectivity index (χ3n) is 3.85. The Kier molecular flexibility index (Phi) is 1.58. The molecule has 14 heavy (non-hydrogen) atoms. The van der Waals surface area contributed by atoms with Crippen LogP contribution in [0.15, 0.2) is 24.3 Å². The fourth-order valence-corrected chi connectivity index (χ4v) is 3.00. The number of fused-ring (bicyclic) bond motifs is 3. The van der Waals surface area contributed by atoms with Crippen molar-refractivity contribution in [2.24, 2.45) is 5.92 Å². The summed E-state index contributed by atoms with van der Waals surface area (Å²) in [6, 6.07) is 8.63. The van der Waals surface area contributed by atoms with Crippen molar-refractivity contribution in [3.05, 3.63) is 35.4 Å². The molecule has 0 heterocycles. The Hall–Kier alpha value is -1.11. The number of benzene rings is 1. The van der Waals surface area contributed by atoms with Crippen LogP contribution in [-0.4, -0.2) is 5.78 Å². The Bertz CT molecular complexity index is 394. The van der Waals surface area contributed by atoms with Gasteiger partial charge < -0.3 is 0 Å². The van der Waals surface area contributed by atoms with E-state index in [1.165, 1.54) is 11.1 Å². The van der Waals surface area contributed by atoms with Gasteiger partial charge in [-0.2, -0.15) is 0 Å². The summed E-state index contributed by atoms with van der Waals surface area (Å²) in [7, 11) is 0. The van der Waals surface area contributed by atoms with E-state index in [-0.39, 0.29) is 0 Å². The molecule has 3 unspecified atom stereocenters. The van der Waals surface area contributed by atoms with E-state index in [1.807, 2.05) is 0 Å². The number of ketones is 1. The molecule has 1 aromatic rings. The highest BCUT2D eigenvalue weighted by molar-refractivity contribution is 5.90. The van der Waals surface area contributed by atoms with Gasteiger partial charge in [0.05, 0.1) is 0 Å². The zero-order chi connectivity index (χ0) is 9.71. The predicted octanol–water partition coefficient (Wildman–Crippen LogP) is 2.87. The van der Waals surface area contributed by atoms with Crippen molar-refractivity contribution in [3.8, 4) is 0 Å². The van der Waals surface area contributed by atoms with Crippen molar-refractivity contribution in [1.29, 1.82) is 0 Å². The van der Waals surface area contributed by atoms with E-state index in [0.717, 1.165) is 12.8 Å². The molecule has 1 heteroatoms. The van der Waals surface area contributed by atoms with Gasteiger partial charge in [0.25, 0.3) is 0 Å². The monoisotopic (exact) mass is 186 g/mol. The fraction of sp³-hybridized carbons (Fsp3) is 0.462. The van der Waals surface area contributed by atoms with E-state index in [0.29, 0.717) is 23.5 Å². The van der Waals surface area contributed by atoms with Gasteiger partial charge >= 0.3 is 0 Å². The SMILES string of the molecule is CC1CC2C(=O)CC2c2ccccc21. The van der Waals surface area contributed by atoms with Crippen LogP contribution in [0.4, 0.5) is 0 Å². The van der Waals surface area contributed by atoms with Crippen molar-refractivity contribution >= 4 is 5.78 Å². The van der Waals surface area contributed by atoms with Crippen LogP contribution < -0.4 is 0 Å². The van der Waals surface area contributed by atoms with Crippen LogP contribution in [0.2, 0.25) is 0 Å². The van der Waals surface area contributed by atoms with Crippen LogP contribution in [-0.2, 0) is 4.79 Å². The third-order valence-corrected chi connectivity index (χ3v) is 3.85. The van der Waals surface area contributed by atoms with Gasteiger partial charge in [-0.05, 0) is 23.5 Å². The zero-order valence-corrected chi connectivity index (χ0v) is 8.36. The molecule has 1 saturated carbocycles. The molecular formula is C13H14O. The van der Waals surface area contributed by atoms with Crippen LogP contribution in [0.1, 0.15) is 42.7 Å². The minimum atomic E-state index is 0.347. The molecule has 0 N–H and O–H groups in total. The summed E-state index contributed by atoms with van der Waals surface area (Å²) in [6.45, 7) is 2.24. The number of carbonyl (C=O) groups excluding carboxylic acids is 1. The number of carbonyl (C=O) groups is 1. The summed E-state index contributed by atoms with van der Waals surface area (Å²) in [5.74, 6) is 1.95. The van der Waals surface area contributed by atoms with Crippen molar-refractivity contribution < 1.29 is 4.79 Å². The Morgan fingerprint density at radius 3 is 2.57 bits per heavy atom. The summed E-state index contributed by atoms with van der Waals surface area (Å²) in [5, 5.41) is 0. The molecule has 1 nitrogen and oxygen atoms in total.